The SMILES string of the molecule is CN(C)c1cc(CNC(=O)CN2C(=O)[C@H]3[C@H](C2=O)[C@H]2C=C[C@H]3C2)ccn1. The van der Waals surface area contributed by atoms with E-state index in [1.165, 1.54) is 0 Å². The molecule has 0 aromatic carbocycles. The fourth-order valence-electron chi connectivity index (χ4n) is 4.34. The zero-order valence-corrected chi connectivity index (χ0v) is 14.9. The Labute approximate surface area is 152 Å². The summed E-state index contributed by atoms with van der Waals surface area (Å²) in [5, 5.41) is 2.79. The molecule has 26 heavy (non-hydrogen) atoms. The number of likely N-dealkylation sites (tertiary alicyclic amines) is 1. The molecule has 1 aromatic heterocycles. The van der Waals surface area contributed by atoms with Crippen LogP contribution in [-0.2, 0) is 20.9 Å². The van der Waals surface area contributed by atoms with Gasteiger partial charge in [-0.1, -0.05) is 12.2 Å². The number of carbonyl (C=O) groups excluding carboxylic acids is 3. The highest BCUT2D eigenvalue weighted by molar-refractivity contribution is 6.08. The lowest BCUT2D eigenvalue weighted by Gasteiger charge is -2.17. The van der Waals surface area contributed by atoms with E-state index in [1.807, 2.05) is 43.3 Å². The fourth-order valence-corrected chi connectivity index (χ4v) is 4.34. The molecular weight excluding hydrogens is 332 g/mol. The molecule has 2 fully saturated rings. The van der Waals surface area contributed by atoms with Gasteiger partial charge in [-0.25, -0.2) is 4.98 Å². The van der Waals surface area contributed by atoms with E-state index < -0.39 is 0 Å². The molecule has 1 saturated heterocycles. The Hall–Kier alpha value is -2.70. The average molecular weight is 354 g/mol. The molecule has 3 amide bonds. The van der Waals surface area contributed by atoms with Crippen LogP contribution >= 0.6 is 0 Å². The molecule has 2 aliphatic carbocycles. The number of nitrogens with one attached hydrogen (secondary N) is 1. The van der Waals surface area contributed by atoms with Crippen LogP contribution in [0.15, 0.2) is 30.5 Å². The van der Waals surface area contributed by atoms with Crippen LogP contribution in [0.25, 0.3) is 0 Å². The van der Waals surface area contributed by atoms with E-state index in [4.69, 9.17) is 0 Å². The predicted molar refractivity (Wildman–Crippen MR) is 94.8 cm³/mol. The third-order valence-corrected chi connectivity index (χ3v) is 5.62. The number of fused-ring (bicyclic) bond motifs is 5. The summed E-state index contributed by atoms with van der Waals surface area (Å²) in [6, 6.07) is 3.72. The molecule has 4 atom stereocenters. The van der Waals surface area contributed by atoms with Gasteiger partial charge in [0, 0.05) is 26.8 Å². The first-order valence-corrected chi connectivity index (χ1v) is 8.88. The third kappa shape index (κ3) is 2.67. The Morgan fingerprint density at radius 3 is 2.50 bits per heavy atom. The van der Waals surface area contributed by atoms with Crippen LogP contribution in [0.5, 0.6) is 0 Å². The van der Waals surface area contributed by atoms with Gasteiger partial charge in [0.1, 0.15) is 12.4 Å². The number of allylic oxidation sites excluding steroid dienone is 2. The molecule has 3 aliphatic rings. The molecule has 2 bridgehead atoms. The molecular formula is C19H22N4O3. The highest BCUT2D eigenvalue weighted by atomic mass is 16.2. The summed E-state index contributed by atoms with van der Waals surface area (Å²) in [7, 11) is 3.79. The van der Waals surface area contributed by atoms with Crippen molar-refractivity contribution in [1.82, 2.24) is 15.2 Å². The van der Waals surface area contributed by atoms with Gasteiger partial charge in [0.2, 0.25) is 17.7 Å². The molecule has 1 N–H and O–H groups in total. The van der Waals surface area contributed by atoms with E-state index in [2.05, 4.69) is 10.3 Å². The molecule has 4 rings (SSSR count). The van der Waals surface area contributed by atoms with Gasteiger partial charge in [0.05, 0.1) is 11.8 Å². The van der Waals surface area contributed by atoms with E-state index in [-0.39, 0.29) is 47.9 Å². The van der Waals surface area contributed by atoms with Crippen molar-refractivity contribution in [1.29, 1.82) is 0 Å². The summed E-state index contributed by atoms with van der Waals surface area (Å²) < 4.78 is 0. The summed E-state index contributed by atoms with van der Waals surface area (Å²) in [4.78, 5) is 44.7. The number of pyridine rings is 1. The van der Waals surface area contributed by atoms with Crippen molar-refractivity contribution in [3.05, 3.63) is 36.0 Å². The highest BCUT2D eigenvalue weighted by Gasteiger charge is 2.59. The van der Waals surface area contributed by atoms with Gasteiger partial charge in [-0.2, -0.15) is 0 Å². The van der Waals surface area contributed by atoms with E-state index >= 15 is 0 Å². The van der Waals surface area contributed by atoms with Crippen LogP contribution in [0.3, 0.4) is 0 Å². The van der Waals surface area contributed by atoms with Gasteiger partial charge in [-0.3, -0.25) is 19.3 Å². The van der Waals surface area contributed by atoms with E-state index in [0.29, 0.717) is 6.54 Å². The first-order valence-electron chi connectivity index (χ1n) is 8.88. The Balaban J connectivity index is 1.36. The molecule has 7 heteroatoms. The van der Waals surface area contributed by atoms with Gasteiger partial charge >= 0.3 is 0 Å². The maximum atomic E-state index is 12.6. The predicted octanol–water partition coefficient (Wildman–Crippen LogP) is 0.571. The molecule has 1 saturated carbocycles. The van der Waals surface area contributed by atoms with Crippen molar-refractivity contribution in [3.63, 3.8) is 0 Å². The van der Waals surface area contributed by atoms with Crippen LogP contribution in [0, 0.1) is 23.7 Å². The minimum absolute atomic E-state index is 0.163. The lowest BCUT2D eigenvalue weighted by molar-refractivity contribution is -0.144. The zero-order valence-electron chi connectivity index (χ0n) is 14.9. The lowest BCUT2D eigenvalue weighted by Crippen LogP contribution is -2.41. The van der Waals surface area contributed by atoms with Crippen LogP contribution in [0.1, 0.15) is 12.0 Å². The smallest absolute Gasteiger partial charge is 0.240 e. The second-order valence-electron chi connectivity index (χ2n) is 7.46. The van der Waals surface area contributed by atoms with Crippen molar-refractivity contribution in [2.75, 3.05) is 25.5 Å². The average Bonchev–Trinajstić information content (AvgIpc) is 3.30. The van der Waals surface area contributed by atoms with Gasteiger partial charge < -0.3 is 10.2 Å². The Morgan fingerprint density at radius 1 is 1.23 bits per heavy atom. The summed E-state index contributed by atoms with van der Waals surface area (Å²) in [5.41, 5.74) is 0.912. The number of nitrogens with zero attached hydrogens (tertiary/aromatic N) is 3. The fraction of sp³-hybridized carbons (Fsp3) is 0.474. The number of imide groups is 1. The Bertz CT molecular complexity index is 774. The minimum Gasteiger partial charge on any atom is -0.363 e. The van der Waals surface area contributed by atoms with Crippen molar-refractivity contribution in [3.8, 4) is 0 Å². The minimum atomic E-state index is -0.324. The van der Waals surface area contributed by atoms with Crippen LogP contribution in [0.4, 0.5) is 5.82 Å². The number of amides is 3. The monoisotopic (exact) mass is 354 g/mol. The molecule has 136 valence electrons. The van der Waals surface area contributed by atoms with E-state index in [9.17, 15) is 14.4 Å². The molecule has 1 aromatic rings. The van der Waals surface area contributed by atoms with E-state index in [1.54, 1.807) is 6.20 Å². The lowest BCUT2D eigenvalue weighted by atomic mass is 9.85. The molecule has 0 radical (unpaired) electrons. The summed E-state index contributed by atoms with van der Waals surface area (Å²) in [6.45, 7) is 0.133. The molecule has 7 nitrogen and oxygen atoms in total. The van der Waals surface area contributed by atoms with Crippen LogP contribution < -0.4 is 10.2 Å². The Kier molecular flexibility index (Phi) is 4.01. The maximum absolute atomic E-state index is 12.6. The normalized spacial score (nSPS) is 28.6. The maximum Gasteiger partial charge on any atom is 0.240 e. The number of hydrogen-bond acceptors (Lipinski definition) is 5. The van der Waals surface area contributed by atoms with Crippen molar-refractivity contribution in [2.24, 2.45) is 23.7 Å². The molecule has 1 aliphatic heterocycles. The van der Waals surface area contributed by atoms with Gasteiger partial charge in [0.25, 0.3) is 0 Å². The van der Waals surface area contributed by atoms with Crippen molar-refractivity contribution >= 4 is 23.5 Å². The van der Waals surface area contributed by atoms with Crippen LogP contribution in [0.2, 0.25) is 0 Å². The molecule has 0 unspecified atom stereocenters. The Morgan fingerprint density at radius 2 is 1.88 bits per heavy atom. The van der Waals surface area contributed by atoms with Gasteiger partial charge in [-0.05, 0) is 36.0 Å². The topological polar surface area (TPSA) is 82.6 Å². The molecule has 0 spiro atoms. The first kappa shape index (κ1) is 16.8. The number of rotatable bonds is 5. The van der Waals surface area contributed by atoms with Crippen LogP contribution in [-0.4, -0.2) is 48.2 Å². The second-order valence-corrected chi connectivity index (χ2v) is 7.46. The zero-order chi connectivity index (χ0) is 18.4. The van der Waals surface area contributed by atoms with Crippen molar-refractivity contribution in [2.45, 2.75) is 13.0 Å². The van der Waals surface area contributed by atoms with Gasteiger partial charge in [-0.15, -0.1) is 0 Å². The first-order chi connectivity index (χ1) is 12.5. The summed E-state index contributed by atoms with van der Waals surface area (Å²) >= 11 is 0. The number of carbonyl (C=O) groups is 3. The van der Waals surface area contributed by atoms with E-state index in [0.717, 1.165) is 22.7 Å². The highest BCUT2D eigenvalue weighted by Crippen LogP contribution is 2.52. The molecule has 2 heterocycles. The van der Waals surface area contributed by atoms with Gasteiger partial charge in [0.15, 0.2) is 0 Å². The number of aromatic nitrogens is 1. The standard InChI is InChI=1S/C19H22N4O3/c1-22(2)14-7-11(5-6-20-14)9-21-15(24)10-23-18(25)16-12-3-4-13(8-12)17(16)19(23)26/h3-7,12-13,16-17H,8-10H2,1-2H3,(H,21,24)/t12-,13-,16+,17+/m0/s1. The largest absolute Gasteiger partial charge is 0.363 e. The number of hydrogen-bond donors (Lipinski definition) is 1. The number of anilines is 1. The quantitative estimate of drug-likeness (QED) is 0.618. The van der Waals surface area contributed by atoms with Crippen molar-refractivity contribution < 1.29 is 14.4 Å². The summed E-state index contributed by atoms with van der Waals surface area (Å²) in [5.74, 6) is -0.0860. The second kappa shape index (κ2) is 6.23. The third-order valence-electron chi connectivity index (χ3n) is 5.62. The summed E-state index contributed by atoms with van der Waals surface area (Å²) in [6.07, 6.45) is 6.68.